The van der Waals surface area contributed by atoms with Crippen LogP contribution in [-0.4, -0.2) is 26.4 Å². The molecule has 2 heterocycles. The number of halogens is 2. The Kier molecular flexibility index (Phi) is 5.73. The van der Waals surface area contributed by atoms with E-state index in [0.717, 1.165) is 17.8 Å². The van der Waals surface area contributed by atoms with Crippen LogP contribution in [0.4, 0.5) is 8.78 Å². The lowest BCUT2D eigenvalue weighted by Crippen LogP contribution is -2.58. The molecule has 3 nitrogen and oxygen atoms in total. The van der Waals surface area contributed by atoms with Crippen molar-refractivity contribution >= 4 is 28.1 Å². The standard InChI is InChI=1S/C21H27F2N3S2/c1-11-18(27-12(2)25-11)14-7-8-15(17(23)16(14)22)19(24)28-13-9-20(3,4)26-21(5,6)10-13/h7-8,13,24,26H,9-10H2,1-6H3. The number of nitrogens with zero attached hydrogens (tertiary/aromatic N) is 1. The average Bonchev–Trinajstić information content (AvgIpc) is 2.85. The molecule has 152 valence electrons. The fraction of sp³-hybridized carbons (Fsp3) is 0.524. The molecule has 1 aliphatic heterocycles. The summed E-state index contributed by atoms with van der Waals surface area (Å²) in [6, 6.07) is 3.09. The van der Waals surface area contributed by atoms with Gasteiger partial charge in [0, 0.05) is 27.5 Å². The summed E-state index contributed by atoms with van der Waals surface area (Å²) in [6.07, 6.45) is 1.73. The van der Waals surface area contributed by atoms with Crippen molar-refractivity contribution in [1.82, 2.24) is 10.3 Å². The van der Waals surface area contributed by atoms with Gasteiger partial charge in [0.25, 0.3) is 0 Å². The number of rotatable bonds is 3. The van der Waals surface area contributed by atoms with Gasteiger partial charge < -0.3 is 5.32 Å². The Morgan fingerprint density at radius 3 is 2.29 bits per heavy atom. The van der Waals surface area contributed by atoms with Crippen LogP contribution in [0, 0.1) is 30.9 Å². The number of hydrogen-bond acceptors (Lipinski definition) is 5. The van der Waals surface area contributed by atoms with E-state index in [9.17, 15) is 8.78 Å². The topological polar surface area (TPSA) is 48.8 Å². The quantitative estimate of drug-likeness (QED) is 0.465. The summed E-state index contributed by atoms with van der Waals surface area (Å²) in [5.41, 5.74) is 0.812. The molecule has 0 spiro atoms. The Labute approximate surface area is 173 Å². The molecular weight excluding hydrogens is 396 g/mol. The van der Waals surface area contributed by atoms with Gasteiger partial charge in [-0.05, 0) is 66.5 Å². The zero-order valence-electron chi connectivity index (χ0n) is 17.2. The monoisotopic (exact) mass is 423 g/mol. The third-order valence-electron chi connectivity index (χ3n) is 4.91. The minimum absolute atomic E-state index is 0.0271. The Morgan fingerprint density at radius 2 is 1.75 bits per heavy atom. The summed E-state index contributed by atoms with van der Waals surface area (Å²) in [7, 11) is 0. The van der Waals surface area contributed by atoms with Crippen LogP contribution in [0.1, 0.15) is 56.8 Å². The van der Waals surface area contributed by atoms with Gasteiger partial charge in [0.2, 0.25) is 0 Å². The number of benzene rings is 1. The van der Waals surface area contributed by atoms with Crippen molar-refractivity contribution in [3.05, 3.63) is 40.0 Å². The van der Waals surface area contributed by atoms with Gasteiger partial charge in [-0.3, -0.25) is 5.41 Å². The highest BCUT2D eigenvalue weighted by Crippen LogP contribution is 2.38. The SMILES string of the molecule is Cc1nc(C)c(-c2ccc(C(=N)SC3CC(C)(C)NC(C)(C)C3)c(F)c2F)s1. The lowest BCUT2D eigenvalue weighted by molar-refractivity contribution is 0.189. The number of aryl methyl sites for hydroxylation is 2. The van der Waals surface area contributed by atoms with Gasteiger partial charge in [-0.25, -0.2) is 13.8 Å². The molecule has 0 bridgehead atoms. The first kappa shape index (κ1) is 21.4. The maximum absolute atomic E-state index is 14.8. The van der Waals surface area contributed by atoms with E-state index in [1.807, 2.05) is 6.92 Å². The Bertz CT molecular complexity index is 903. The summed E-state index contributed by atoms with van der Waals surface area (Å²) in [6.45, 7) is 12.2. The molecule has 0 saturated carbocycles. The lowest BCUT2D eigenvalue weighted by Gasteiger charge is -2.46. The van der Waals surface area contributed by atoms with Gasteiger partial charge in [-0.15, -0.1) is 23.1 Å². The van der Waals surface area contributed by atoms with Crippen molar-refractivity contribution in [2.75, 3.05) is 0 Å². The van der Waals surface area contributed by atoms with E-state index in [2.05, 4.69) is 38.0 Å². The third-order valence-corrected chi connectivity index (χ3v) is 7.14. The maximum atomic E-state index is 14.8. The molecule has 1 aromatic heterocycles. The van der Waals surface area contributed by atoms with Crippen LogP contribution >= 0.6 is 23.1 Å². The molecule has 1 aromatic carbocycles. The predicted molar refractivity (Wildman–Crippen MR) is 116 cm³/mol. The van der Waals surface area contributed by atoms with Gasteiger partial charge in [-0.1, -0.05) is 0 Å². The normalized spacial score (nSPS) is 19.0. The van der Waals surface area contributed by atoms with E-state index >= 15 is 0 Å². The van der Waals surface area contributed by atoms with E-state index < -0.39 is 11.6 Å². The molecule has 0 unspecified atom stereocenters. The van der Waals surface area contributed by atoms with Gasteiger partial charge in [0.05, 0.1) is 20.6 Å². The number of thioether (sulfide) groups is 1. The molecule has 1 fully saturated rings. The highest BCUT2D eigenvalue weighted by Gasteiger charge is 2.38. The zero-order chi connectivity index (χ0) is 20.9. The van der Waals surface area contributed by atoms with E-state index in [-0.39, 0.29) is 32.5 Å². The number of nitrogens with one attached hydrogen (secondary N) is 2. The molecule has 0 atom stereocenters. The minimum Gasteiger partial charge on any atom is -0.307 e. The summed E-state index contributed by atoms with van der Waals surface area (Å²) in [5, 5.41) is 13.1. The second-order valence-corrected chi connectivity index (χ2v) is 11.3. The third kappa shape index (κ3) is 4.47. The highest BCUT2D eigenvalue weighted by atomic mass is 32.2. The molecule has 1 saturated heterocycles. The van der Waals surface area contributed by atoms with Crippen LogP contribution in [0.5, 0.6) is 0 Å². The molecule has 2 N–H and O–H groups in total. The molecule has 1 aliphatic rings. The highest BCUT2D eigenvalue weighted by molar-refractivity contribution is 8.14. The zero-order valence-corrected chi connectivity index (χ0v) is 18.8. The van der Waals surface area contributed by atoms with Crippen molar-refractivity contribution in [1.29, 1.82) is 5.41 Å². The predicted octanol–water partition coefficient (Wildman–Crippen LogP) is 6.07. The van der Waals surface area contributed by atoms with E-state index in [1.165, 1.54) is 29.2 Å². The molecular formula is C21H27F2N3S2. The second-order valence-electron chi connectivity index (χ2n) is 8.81. The summed E-state index contributed by atoms with van der Waals surface area (Å²) >= 11 is 2.69. The first-order valence-corrected chi connectivity index (χ1v) is 11.1. The molecule has 0 amide bonds. The molecule has 2 aromatic rings. The van der Waals surface area contributed by atoms with E-state index in [1.54, 1.807) is 13.0 Å². The van der Waals surface area contributed by atoms with Crippen molar-refractivity contribution in [2.45, 2.75) is 70.7 Å². The van der Waals surface area contributed by atoms with Crippen molar-refractivity contribution in [3.8, 4) is 10.4 Å². The van der Waals surface area contributed by atoms with Gasteiger partial charge >= 0.3 is 0 Å². The summed E-state index contributed by atoms with van der Waals surface area (Å²) in [5.74, 6) is -1.85. The van der Waals surface area contributed by atoms with Crippen molar-refractivity contribution in [2.24, 2.45) is 0 Å². The molecule has 3 rings (SSSR count). The maximum Gasteiger partial charge on any atom is 0.169 e. The molecule has 28 heavy (non-hydrogen) atoms. The number of hydrogen-bond donors (Lipinski definition) is 2. The van der Waals surface area contributed by atoms with Gasteiger partial charge in [-0.2, -0.15) is 0 Å². The second kappa shape index (κ2) is 7.50. The van der Waals surface area contributed by atoms with Crippen LogP contribution in [0.25, 0.3) is 10.4 Å². The fourth-order valence-corrected chi connectivity index (χ4v) is 6.78. The minimum atomic E-state index is -0.951. The number of thiazole rings is 1. The molecule has 7 heteroatoms. The Morgan fingerprint density at radius 1 is 1.14 bits per heavy atom. The fourth-order valence-electron chi connectivity index (χ4n) is 4.22. The van der Waals surface area contributed by atoms with Crippen molar-refractivity contribution < 1.29 is 8.78 Å². The number of aromatic nitrogens is 1. The molecule has 0 aliphatic carbocycles. The van der Waals surface area contributed by atoms with E-state index in [0.29, 0.717) is 10.6 Å². The largest absolute Gasteiger partial charge is 0.307 e. The van der Waals surface area contributed by atoms with Gasteiger partial charge in [0.15, 0.2) is 11.6 Å². The number of piperidine rings is 1. The van der Waals surface area contributed by atoms with Crippen LogP contribution < -0.4 is 5.32 Å². The van der Waals surface area contributed by atoms with Gasteiger partial charge in [0.1, 0.15) is 0 Å². The average molecular weight is 424 g/mol. The summed E-state index contributed by atoms with van der Waals surface area (Å²) in [4.78, 5) is 4.94. The van der Waals surface area contributed by atoms with Crippen molar-refractivity contribution in [3.63, 3.8) is 0 Å². The Balaban J connectivity index is 1.85. The first-order valence-electron chi connectivity index (χ1n) is 9.36. The summed E-state index contributed by atoms with van der Waals surface area (Å²) < 4.78 is 29.6. The van der Waals surface area contributed by atoms with Crippen LogP contribution in [0.2, 0.25) is 0 Å². The van der Waals surface area contributed by atoms with Crippen LogP contribution in [0.3, 0.4) is 0 Å². The Hall–Kier alpha value is -1.31. The first-order chi connectivity index (χ1) is 12.9. The smallest absolute Gasteiger partial charge is 0.169 e. The van der Waals surface area contributed by atoms with Crippen LogP contribution in [0.15, 0.2) is 12.1 Å². The van der Waals surface area contributed by atoms with Crippen LogP contribution in [-0.2, 0) is 0 Å². The lowest BCUT2D eigenvalue weighted by atomic mass is 9.82. The van der Waals surface area contributed by atoms with E-state index in [4.69, 9.17) is 5.41 Å². The molecule has 0 radical (unpaired) electrons.